The third kappa shape index (κ3) is 4.15. The number of aliphatic hydroxyl groups is 6. The molecule has 4 aliphatic carbocycles. The smallest absolute Gasteiger partial charge is 0.331 e. The van der Waals surface area contributed by atoms with Gasteiger partial charge in [0.2, 0.25) is 0 Å². The topological polar surface area (TPSA) is 185 Å². The van der Waals surface area contributed by atoms with Crippen LogP contribution in [0.15, 0.2) is 11.6 Å². The van der Waals surface area contributed by atoms with Crippen LogP contribution in [0.5, 0.6) is 0 Å². The van der Waals surface area contributed by atoms with E-state index in [1.807, 2.05) is 6.92 Å². The van der Waals surface area contributed by atoms with Crippen molar-refractivity contribution in [2.24, 2.45) is 28.6 Å². The maximum atomic E-state index is 12.5. The Morgan fingerprint density at radius 3 is 2.43 bits per heavy atom. The molecule has 6 fully saturated rings. The molecule has 0 radical (unpaired) electrons. The first kappa shape index (κ1) is 31.4. The quantitative estimate of drug-likeness (QED) is 0.186. The minimum absolute atomic E-state index is 0.0574. The van der Waals surface area contributed by atoms with Crippen molar-refractivity contribution in [3.8, 4) is 0 Å². The number of rotatable bonds is 4. The molecular formula is C32H48O12. The Balaban J connectivity index is 1.16. The van der Waals surface area contributed by atoms with Crippen LogP contribution < -0.4 is 0 Å². The molecule has 0 aromatic carbocycles. The molecule has 44 heavy (non-hydrogen) atoms. The fourth-order valence-electron chi connectivity index (χ4n) is 11.0. The number of carbonyl (C=O) groups excluding carboxylic acids is 1. The molecule has 0 aromatic heterocycles. The van der Waals surface area contributed by atoms with Crippen molar-refractivity contribution in [2.45, 2.75) is 139 Å². The van der Waals surface area contributed by atoms with E-state index in [9.17, 15) is 35.4 Å². The molecule has 0 bridgehead atoms. The minimum Gasteiger partial charge on any atom is -0.458 e. The Morgan fingerprint density at radius 1 is 1.02 bits per heavy atom. The van der Waals surface area contributed by atoms with Gasteiger partial charge in [-0.2, -0.15) is 0 Å². The van der Waals surface area contributed by atoms with Crippen molar-refractivity contribution in [1.29, 1.82) is 0 Å². The van der Waals surface area contributed by atoms with Gasteiger partial charge in [-0.05, 0) is 70.3 Å². The monoisotopic (exact) mass is 624 g/mol. The summed E-state index contributed by atoms with van der Waals surface area (Å²) in [7, 11) is 0. The van der Waals surface area contributed by atoms with E-state index in [4.69, 9.17) is 23.7 Å². The molecule has 0 amide bonds. The van der Waals surface area contributed by atoms with Crippen molar-refractivity contribution in [3.63, 3.8) is 0 Å². The van der Waals surface area contributed by atoms with E-state index < -0.39 is 101 Å². The predicted octanol–water partition coefficient (Wildman–Crippen LogP) is 0.283. The summed E-state index contributed by atoms with van der Waals surface area (Å²) in [4.78, 5) is 11.9. The second-order valence-corrected chi connectivity index (χ2v) is 15.4. The lowest BCUT2D eigenvalue weighted by molar-refractivity contribution is -0.337. The standard InChI is InChI=1S/C32H48O12/c1-15-24(37)25-26(44-28(2,3)43-25)27(41-15)42-17-10-21(35)31(14-33)23-19(5-7-30(31,38)11-17)32(39)8-6-18(16-9-22(36)40-13-16)29(32,4)12-20(23)34/h9,15,17-21,23-27,33-35,37-39H,5-8,10-14H2,1-4H3/t15-,17-,18+,19+,20-,21+,23+,24-,25+,26+,27-,29+,30-,31+,32-/m0/s1. The van der Waals surface area contributed by atoms with Crippen LogP contribution in [0.2, 0.25) is 0 Å². The Bertz CT molecular complexity index is 1210. The lowest BCUT2D eigenvalue weighted by Gasteiger charge is -2.68. The highest BCUT2D eigenvalue weighted by Crippen LogP contribution is 2.70. The van der Waals surface area contributed by atoms with Crippen molar-refractivity contribution < 1.29 is 59.1 Å². The lowest BCUT2D eigenvalue weighted by atomic mass is 9.40. The molecule has 12 heteroatoms. The second-order valence-electron chi connectivity index (χ2n) is 15.4. The number of cyclic esters (lactones) is 1. The Morgan fingerprint density at radius 2 is 1.75 bits per heavy atom. The number of carbonyl (C=O) groups is 1. The zero-order chi connectivity index (χ0) is 31.6. The molecule has 7 rings (SSSR count). The number of esters is 1. The Hall–Kier alpha value is -1.19. The Kier molecular flexibility index (Phi) is 7.25. The summed E-state index contributed by atoms with van der Waals surface area (Å²) in [5.74, 6) is -2.76. The van der Waals surface area contributed by atoms with Crippen LogP contribution in [0.1, 0.15) is 72.6 Å². The first-order valence-corrected chi connectivity index (χ1v) is 16.2. The van der Waals surface area contributed by atoms with Crippen LogP contribution >= 0.6 is 0 Å². The number of fused-ring (bicyclic) bond motifs is 6. The molecule has 3 heterocycles. The third-order valence-corrected chi connectivity index (χ3v) is 13.0. The molecule has 0 spiro atoms. The van der Waals surface area contributed by atoms with Crippen LogP contribution in [0, 0.1) is 28.6 Å². The van der Waals surface area contributed by atoms with Gasteiger partial charge in [0.25, 0.3) is 0 Å². The molecule has 0 unspecified atom stereocenters. The third-order valence-electron chi connectivity index (χ3n) is 13.0. The fourth-order valence-corrected chi connectivity index (χ4v) is 11.0. The van der Waals surface area contributed by atoms with Crippen molar-refractivity contribution in [2.75, 3.05) is 13.2 Å². The molecule has 248 valence electrons. The van der Waals surface area contributed by atoms with Gasteiger partial charge in [-0.15, -0.1) is 0 Å². The summed E-state index contributed by atoms with van der Waals surface area (Å²) in [6.07, 6.45) is -3.33. The van der Waals surface area contributed by atoms with Crippen LogP contribution in [-0.2, 0) is 28.5 Å². The zero-order valence-electron chi connectivity index (χ0n) is 25.9. The van der Waals surface area contributed by atoms with Gasteiger partial charge in [-0.25, -0.2) is 4.79 Å². The molecule has 15 atom stereocenters. The number of hydrogen-bond donors (Lipinski definition) is 6. The van der Waals surface area contributed by atoms with Crippen LogP contribution in [0.3, 0.4) is 0 Å². The maximum absolute atomic E-state index is 12.5. The molecular weight excluding hydrogens is 576 g/mol. The fraction of sp³-hybridized carbons (Fsp3) is 0.906. The van der Waals surface area contributed by atoms with E-state index in [0.29, 0.717) is 19.3 Å². The van der Waals surface area contributed by atoms with Gasteiger partial charge >= 0.3 is 5.97 Å². The molecule has 6 N–H and O–H groups in total. The summed E-state index contributed by atoms with van der Waals surface area (Å²) >= 11 is 0. The average molecular weight is 625 g/mol. The van der Waals surface area contributed by atoms with E-state index in [2.05, 4.69) is 0 Å². The molecule has 2 saturated heterocycles. The molecule has 4 saturated carbocycles. The Labute approximate surface area is 257 Å². The van der Waals surface area contributed by atoms with Gasteiger partial charge < -0.3 is 54.3 Å². The van der Waals surface area contributed by atoms with Gasteiger partial charge in [0, 0.05) is 30.3 Å². The first-order valence-electron chi connectivity index (χ1n) is 16.2. The summed E-state index contributed by atoms with van der Waals surface area (Å²) in [5.41, 5.74) is -4.26. The van der Waals surface area contributed by atoms with E-state index in [0.717, 1.165) is 5.57 Å². The van der Waals surface area contributed by atoms with Crippen molar-refractivity contribution in [1.82, 2.24) is 0 Å². The second kappa shape index (κ2) is 10.2. The van der Waals surface area contributed by atoms with Crippen LogP contribution in [0.25, 0.3) is 0 Å². The van der Waals surface area contributed by atoms with E-state index >= 15 is 0 Å². The molecule has 3 aliphatic heterocycles. The summed E-state index contributed by atoms with van der Waals surface area (Å²) in [6, 6.07) is 0. The number of aliphatic hydroxyl groups excluding tert-OH is 4. The predicted molar refractivity (Wildman–Crippen MR) is 150 cm³/mol. The summed E-state index contributed by atoms with van der Waals surface area (Å²) < 4.78 is 29.5. The van der Waals surface area contributed by atoms with Crippen molar-refractivity contribution >= 4 is 5.97 Å². The maximum Gasteiger partial charge on any atom is 0.331 e. The first-order chi connectivity index (χ1) is 20.6. The highest BCUT2D eigenvalue weighted by molar-refractivity contribution is 5.85. The van der Waals surface area contributed by atoms with Crippen molar-refractivity contribution in [3.05, 3.63) is 11.6 Å². The van der Waals surface area contributed by atoms with Gasteiger partial charge in [-0.1, -0.05) is 6.92 Å². The van der Waals surface area contributed by atoms with Gasteiger partial charge in [0.15, 0.2) is 12.1 Å². The van der Waals surface area contributed by atoms with Crippen LogP contribution in [0.4, 0.5) is 0 Å². The molecule has 12 nitrogen and oxygen atoms in total. The minimum atomic E-state index is -1.60. The lowest BCUT2D eigenvalue weighted by Crippen LogP contribution is -2.76. The van der Waals surface area contributed by atoms with E-state index in [1.165, 1.54) is 6.08 Å². The largest absolute Gasteiger partial charge is 0.458 e. The highest BCUT2D eigenvalue weighted by atomic mass is 16.8. The summed E-state index contributed by atoms with van der Waals surface area (Å²) in [5, 5.41) is 70.4. The number of hydrogen-bond acceptors (Lipinski definition) is 12. The van der Waals surface area contributed by atoms with E-state index in [-0.39, 0.29) is 38.2 Å². The normalized spacial score (nSPS) is 56.3. The molecule has 0 aromatic rings. The van der Waals surface area contributed by atoms with E-state index in [1.54, 1.807) is 20.8 Å². The van der Waals surface area contributed by atoms with Gasteiger partial charge in [0.1, 0.15) is 24.9 Å². The summed E-state index contributed by atoms with van der Waals surface area (Å²) in [6.45, 7) is 6.79. The van der Waals surface area contributed by atoms with Crippen LogP contribution in [-0.4, -0.2) is 116 Å². The number of ether oxygens (including phenoxy) is 5. The highest BCUT2D eigenvalue weighted by Gasteiger charge is 2.75. The zero-order valence-corrected chi connectivity index (χ0v) is 25.9. The van der Waals surface area contributed by atoms with Gasteiger partial charge in [0.05, 0.1) is 47.6 Å². The SMILES string of the molecule is C[C@@H]1O[C@@H](O[C@H]2C[C@@H](O)[C@]3(CO)[C@@H]4[C@@H](CC[C@]3(O)C2)[C@@]2(O)CC[C@H](C3=CC(=O)OC3)[C@@]2(C)C[C@@H]4O)[C@@H]2OC(C)(C)O[C@@H]2[C@H]1O. The molecule has 7 aliphatic rings. The van der Waals surface area contributed by atoms with Gasteiger partial charge in [-0.3, -0.25) is 0 Å². The average Bonchev–Trinajstić information content (AvgIpc) is 3.59.